The second kappa shape index (κ2) is 6.98. The van der Waals surface area contributed by atoms with Gasteiger partial charge in [-0.3, -0.25) is 4.79 Å². The predicted molar refractivity (Wildman–Crippen MR) is 95.8 cm³/mol. The third-order valence-electron chi connectivity index (χ3n) is 3.94. The molecule has 0 bridgehead atoms. The average molecular weight is 421 g/mol. The van der Waals surface area contributed by atoms with Gasteiger partial charge in [-0.2, -0.15) is 5.26 Å². The molecule has 0 aliphatic carbocycles. The number of rotatable bonds is 3. The van der Waals surface area contributed by atoms with Gasteiger partial charge >= 0.3 is 0 Å². The summed E-state index contributed by atoms with van der Waals surface area (Å²) >= 11 is 4.22. The van der Waals surface area contributed by atoms with Crippen LogP contribution in [-0.2, 0) is 0 Å². The van der Waals surface area contributed by atoms with Crippen LogP contribution in [0.15, 0.2) is 57.5 Å². The number of hydrogen-bond donors (Lipinski definition) is 1. The van der Waals surface area contributed by atoms with Gasteiger partial charge in [-0.15, -0.1) is 0 Å². The molecule has 0 radical (unpaired) electrons. The highest BCUT2D eigenvalue weighted by atomic mass is 79.9. The smallest absolute Gasteiger partial charge is 0.177 e. The molecule has 0 amide bonds. The quantitative estimate of drug-likeness (QED) is 0.742. The molecular weight excluding hydrogens is 410 g/mol. The van der Waals surface area contributed by atoms with Crippen molar-refractivity contribution in [3.63, 3.8) is 0 Å². The van der Waals surface area contributed by atoms with Crippen molar-refractivity contribution in [1.82, 2.24) is 0 Å². The first-order valence-electron chi connectivity index (χ1n) is 7.23. The second-order valence-electron chi connectivity index (χ2n) is 5.45. The van der Waals surface area contributed by atoms with Crippen molar-refractivity contribution in [1.29, 1.82) is 5.26 Å². The Hall–Kier alpha value is -2.17. The Morgan fingerprint density at radius 3 is 2.48 bits per heavy atom. The van der Waals surface area contributed by atoms with E-state index in [0.29, 0.717) is 11.1 Å². The minimum absolute atomic E-state index is 0.241. The van der Waals surface area contributed by atoms with E-state index in [0.717, 1.165) is 11.8 Å². The minimum atomic E-state index is -0.669. The average Bonchev–Trinajstić information content (AvgIpc) is 2.93. The molecule has 0 saturated carbocycles. The Morgan fingerprint density at radius 2 is 1.88 bits per heavy atom. The number of allylic oxidation sites excluding steroid dienone is 1. The van der Waals surface area contributed by atoms with Crippen LogP contribution in [0.25, 0.3) is 0 Å². The van der Waals surface area contributed by atoms with Crippen molar-refractivity contribution < 1.29 is 13.6 Å². The van der Waals surface area contributed by atoms with Crippen LogP contribution in [0.3, 0.4) is 0 Å². The van der Waals surface area contributed by atoms with Gasteiger partial charge in [0.1, 0.15) is 11.6 Å². The number of ketones is 1. The Balaban J connectivity index is 2.03. The van der Waals surface area contributed by atoms with Crippen LogP contribution in [0.1, 0.15) is 21.8 Å². The lowest BCUT2D eigenvalue weighted by Gasteiger charge is -2.19. The molecule has 2 N–H and O–H groups in total. The molecule has 25 heavy (non-hydrogen) atoms. The Labute approximate surface area is 155 Å². The first-order chi connectivity index (χ1) is 11.9. The maximum Gasteiger partial charge on any atom is 0.177 e. The van der Waals surface area contributed by atoms with E-state index in [2.05, 4.69) is 22.0 Å². The molecule has 3 rings (SSSR count). The second-order valence-corrected chi connectivity index (χ2v) is 7.49. The summed E-state index contributed by atoms with van der Waals surface area (Å²) in [4.78, 5) is 12.9. The zero-order valence-electron chi connectivity index (χ0n) is 12.7. The van der Waals surface area contributed by atoms with E-state index in [1.54, 1.807) is 6.07 Å². The van der Waals surface area contributed by atoms with Crippen LogP contribution in [0.4, 0.5) is 8.78 Å². The van der Waals surface area contributed by atoms with Crippen molar-refractivity contribution >= 4 is 33.5 Å². The van der Waals surface area contributed by atoms with Crippen molar-refractivity contribution in [2.45, 2.75) is 11.2 Å². The van der Waals surface area contributed by atoms with Crippen molar-refractivity contribution in [3.8, 4) is 6.07 Å². The highest BCUT2D eigenvalue weighted by molar-refractivity contribution is 9.10. The summed E-state index contributed by atoms with van der Waals surface area (Å²) in [6, 6.07) is 11.6. The molecule has 126 valence electrons. The molecule has 2 aromatic carbocycles. The summed E-state index contributed by atoms with van der Waals surface area (Å²) in [6.45, 7) is 0. The highest BCUT2D eigenvalue weighted by Gasteiger charge is 2.41. The van der Waals surface area contributed by atoms with Gasteiger partial charge < -0.3 is 5.73 Å². The lowest BCUT2D eigenvalue weighted by atomic mass is 9.86. The van der Waals surface area contributed by atoms with Crippen molar-refractivity contribution in [2.75, 3.05) is 0 Å². The summed E-state index contributed by atoms with van der Waals surface area (Å²) in [5.41, 5.74) is 7.16. The number of hydrogen-bond acceptors (Lipinski definition) is 4. The van der Waals surface area contributed by atoms with Gasteiger partial charge in [0.2, 0.25) is 0 Å². The number of Topliss-reactive ketones (excluding diaryl/α,β-unsaturated/α-hetero) is 1. The molecule has 3 nitrogen and oxygen atoms in total. The summed E-state index contributed by atoms with van der Waals surface area (Å²) in [6.07, 6.45) is 0. The van der Waals surface area contributed by atoms with Gasteiger partial charge in [0.15, 0.2) is 5.78 Å². The minimum Gasteiger partial charge on any atom is -0.393 e. The van der Waals surface area contributed by atoms with E-state index in [1.807, 2.05) is 0 Å². The third-order valence-corrected chi connectivity index (χ3v) is 5.77. The highest BCUT2D eigenvalue weighted by Crippen LogP contribution is 2.47. The molecular formula is C18H11BrF2N2OS. The Kier molecular flexibility index (Phi) is 4.93. The molecule has 0 spiro atoms. The van der Waals surface area contributed by atoms with Gasteiger partial charge in [-0.05, 0) is 57.9 Å². The topological polar surface area (TPSA) is 66.9 Å². The molecule has 1 heterocycles. The molecule has 2 aromatic rings. The van der Waals surface area contributed by atoms with E-state index < -0.39 is 22.8 Å². The first-order valence-corrected chi connectivity index (χ1v) is 8.90. The number of nitrogens with zero attached hydrogens (tertiary/aromatic N) is 1. The molecule has 7 heteroatoms. The predicted octanol–water partition coefficient (Wildman–Crippen LogP) is 4.50. The fourth-order valence-electron chi connectivity index (χ4n) is 2.73. The Bertz CT molecular complexity index is 922. The Morgan fingerprint density at radius 1 is 1.20 bits per heavy atom. The van der Waals surface area contributed by atoms with Crippen molar-refractivity contribution in [2.24, 2.45) is 5.73 Å². The number of carbonyl (C=O) groups excluding carboxylic acids is 1. The number of benzene rings is 2. The molecule has 0 saturated heterocycles. The molecule has 2 atom stereocenters. The lowest BCUT2D eigenvalue weighted by molar-refractivity contribution is 0.0985. The monoisotopic (exact) mass is 420 g/mol. The summed E-state index contributed by atoms with van der Waals surface area (Å²) < 4.78 is 26.9. The van der Waals surface area contributed by atoms with Gasteiger partial charge in [0.25, 0.3) is 0 Å². The lowest BCUT2D eigenvalue weighted by Crippen LogP contribution is -2.23. The van der Waals surface area contributed by atoms with Crippen LogP contribution >= 0.6 is 27.7 Å². The fourth-order valence-corrected chi connectivity index (χ4v) is 4.37. The normalized spacial score (nSPS) is 19.8. The van der Waals surface area contributed by atoms with Gasteiger partial charge in [0.05, 0.1) is 26.4 Å². The van der Waals surface area contributed by atoms with Crippen LogP contribution in [0, 0.1) is 23.0 Å². The maximum atomic E-state index is 13.5. The zero-order chi connectivity index (χ0) is 18.1. The SMILES string of the molecule is N#CC1=C(N)S[C@H](C(=O)c2ccc(F)cc2)[C@H]1c1ccc(F)c(Br)c1. The molecule has 0 aromatic heterocycles. The zero-order valence-corrected chi connectivity index (χ0v) is 15.1. The number of thioether (sulfide) groups is 1. The number of carbonyl (C=O) groups is 1. The third kappa shape index (κ3) is 3.32. The standard InChI is InChI=1S/C18H11BrF2N2OS/c19-13-7-10(3-6-14(13)21)15-12(8-22)18(23)25-17(15)16(24)9-1-4-11(20)5-2-9/h1-7,15,17H,23H2/t15-,17-/m0/s1. The van der Waals surface area contributed by atoms with Crippen LogP contribution in [-0.4, -0.2) is 11.0 Å². The van der Waals surface area contributed by atoms with Crippen molar-refractivity contribution in [3.05, 3.63) is 80.3 Å². The first kappa shape index (κ1) is 17.6. The number of nitrogens with two attached hydrogens (primary N) is 1. The van der Waals surface area contributed by atoms with E-state index in [4.69, 9.17) is 5.73 Å². The summed E-state index contributed by atoms with van der Waals surface area (Å²) in [5.74, 6) is -1.73. The largest absolute Gasteiger partial charge is 0.393 e. The number of nitriles is 1. The summed E-state index contributed by atoms with van der Waals surface area (Å²) in [5, 5.41) is 9.05. The molecule has 1 aliphatic rings. The van der Waals surface area contributed by atoms with E-state index in [-0.39, 0.29) is 20.9 Å². The van der Waals surface area contributed by atoms with E-state index >= 15 is 0 Å². The van der Waals surface area contributed by atoms with Crippen LogP contribution in [0.5, 0.6) is 0 Å². The molecule has 0 unspecified atom stereocenters. The van der Waals surface area contributed by atoms with E-state index in [1.165, 1.54) is 36.4 Å². The fraction of sp³-hybridized carbons (Fsp3) is 0.111. The van der Waals surface area contributed by atoms with Gasteiger partial charge in [-0.1, -0.05) is 17.8 Å². The van der Waals surface area contributed by atoms with Crippen LogP contribution < -0.4 is 5.73 Å². The molecule has 0 fully saturated rings. The number of halogens is 3. The molecule has 1 aliphatic heterocycles. The van der Waals surface area contributed by atoms with Crippen LogP contribution in [0.2, 0.25) is 0 Å². The van der Waals surface area contributed by atoms with E-state index in [9.17, 15) is 18.8 Å². The van der Waals surface area contributed by atoms with Gasteiger partial charge in [-0.25, -0.2) is 8.78 Å². The van der Waals surface area contributed by atoms with Gasteiger partial charge in [0, 0.05) is 11.5 Å². The maximum absolute atomic E-state index is 13.5. The summed E-state index contributed by atoms with van der Waals surface area (Å²) in [7, 11) is 0.